The van der Waals surface area contributed by atoms with Crippen LogP contribution in [0.2, 0.25) is 0 Å². The quantitative estimate of drug-likeness (QED) is 0.695. The minimum Gasteiger partial charge on any atom is -0.362 e. The van der Waals surface area contributed by atoms with E-state index in [9.17, 15) is 18.0 Å². The lowest BCUT2D eigenvalue weighted by Crippen LogP contribution is -2.30. The zero-order chi connectivity index (χ0) is 11.2. The van der Waals surface area contributed by atoms with Crippen molar-refractivity contribution in [1.82, 2.24) is 5.32 Å². The summed E-state index contributed by atoms with van der Waals surface area (Å²) in [5.41, 5.74) is 0.717. The number of rotatable bonds is 5. The van der Waals surface area contributed by atoms with Crippen molar-refractivity contribution in [3.05, 3.63) is 12.2 Å². The lowest BCUT2D eigenvalue weighted by molar-refractivity contribution is -0.175. The Morgan fingerprint density at radius 1 is 1.50 bits per heavy atom. The van der Waals surface area contributed by atoms with Crippen molar-refractivity contribution in [3.63, 3.8) is 0 Å². The Morgan fingerprint density at radius 2 is 2.07 bits per heavy atom. The van der Waals surface area contributed by atoms with Gasteiger partial charge in [-0.05, 0) is 6.92 Å². The van der Waals surface area contributed by atoms with E-state index < -0.39 is 25.3 Å². The third kappa shape index (κ3) is 9.05. The zero-order valence-corrected chi connectivity index (χ0v) is 7.78. The average Bonchev–Trinajstić information content (AvgIpc) is 1.98. The van der Waals surface area contributed by atoms with E-state index in [2.05, 4.69) is 16.6 Å². The lowest BCUT2D eigenvalue weighted by atomic mass is 10.3. The molecule has 0 saturated carbocycles. The number of carbonyl (C=O) groups excluding carboxylic acids is 1. The Balaban J connectivity index is 3.50. The van der Waals surface area contributed by atoms with E-state index in [1.54, 1.807) is 6.92 Å². The molecule has 0 heterocycles. The molecular formula is C8H12F3NO2. The molecule has 0 saturated heterocycles. The molecule has 0 aliphatic rings. The fourth-order valence-corrected chi connectivity index (χ4v) is 0.560. The molecule has 0 bridgehead atoms. The highest BCUT2D eigenvalue weighted by molar-refractivity contribution is 5.77. The molecule has 0 rings (SSSR count). The summed E-state index contributed by atoms with van der Waals surface area (Å²) in [6.45, 7) is 3.45. The van der Waals surface area contributed by atoms with Crippen molar-refractivity contribution in [2.75, 3.05) is 19.8 Å². The van der Waals surface area contributed by atoms with Gasteiger partial charge in [-0.2, -0.15) is 13.2 Å². The number of amides is 1. The van der Waals surface area contributed by atoms with Crippen molar-refractivity contribution in [2.24, 2.45) is 0 Å². The molecule has 0 aromatic carbocycles. The Hall–Kier alpha value is -1.04. The Labute approximate surface area is 79.9 Å². The number of hydrogen-bond donors (Lipinski definition) is 1. The van der Waals surface area contributed by atoms with E-state index in [-0.39, 0.29) is 6.54 Å². The van der Waals surface area contributed by atoms with Crippen molar-refractivity contribution >= 4 is 5.91 Å². The minimum atomic E-state index is -4.39. The van der Waals surface area contributed by atoms with Crippen molar-refractivity contribution < 1.29 is 22.7 Å². The molecular weight excluding hydrogens is 199 g/mol. The van der Waals surface area contributed by atoms with Gasteiger partial charge in [-0.25, -0.2) is 0 Å². The zero-order valence-electron chi connectivity index (χ0n) is 7.78. The highest BCUT2D eigenvalue weighted by atomic mass is 19.4. The summed E-state index contributed by atoms with van der Waals surface area (Å²) < 4.78 is 38.8. The second kappa shape index (κ2) is 5.64. The molecule has 82 valence electrons. The van der Waals surface area contributed by atoms with E-state index in [1.165, 1.54) is 0 Å². The summed E-state index contributed by atoms with van der Waals surface area (Å²) in [6, 6.07) is 0. The molecule has 0 fully saturated rings. The van der Waals surface area contributed by atoms with Gasteiger partial charge >= 0.3 is 6.18 Å². The van der Waals surface area contributed by atoms with E-state index in [0.717, 1.165) is 0 Å². The molecule has 3 nitrogen and oxygen atoms in total. The maximum atomic E-state index is 11.5. The van der Waals surface area contributed by atoms with Crippen LogP contribution in [0.3, 0.4) is 0 Å². The van der Waals surface area contributed by atoms with Crippen LogP contribution in [-0.4, -0.2) is 31.8 Å². The fraction of sp³-hybridized carbons (Fsp3) is 0.625. The highest BCUT2D eigenvalue weighted by Crippen LogP contribution is 2.13. The topological polar surface area (TPSA) is 38.3 Å². The van der Waals surface area contributed by atoms with Crippen LogP contribution in [0.5, 0.6) is 0 Å². The first-order valence-electron chi connectivity index (χ1n) is 3.87. The molecule has 0 spiro atoms. The lowest BCUT2D eigenvalue weighted by Gasteiger charge is -2.07. The van der Waals surface area contributed by atoms with Gasteiger partial charge in [-0.3, -0.25) is 4.79 Å². The number of carbonyl (C=O) groups is 1. The molecule has 0 aromatic heterocycles. The predicted molar refractivity (Wildman–Crippen MR) is 44.7 cm³/mol. The summed E-state index contributed by atoms with van der Waals surface area (Å²) in [6.07, 6.45) is -4.39. The minimum absolute atomic E-state index is 0.244. The van der Waals surface area contributed by atoms with Crippen molar-refractivity contribution in [1.29, 1.82) is 0 Å². The smallest absolute Gasteiger partial charge is 0.362 e. The molecule has 14 heavy (non-hydrogen) atoms. The molecule has 1 N–H and O–H groups in total. The summed E-state index contributed by atoms with van der Waals surface area (Å²) in [5.74, 6) is -0.586. The van der Waals surface area contributed by atoms with Crippen LogP contribution >= 0.6 is 0 Å². The number of nitrogens with one attached hydrogen (secondary N) is 1. The summed E-state index contributed by atoms with van der Waals surface area (Å²) in [5, 5.41) is 2.34. The average molecular weight is 211 g/mol. The Morgan fingerprint density at radius 3 is 2.50 bits per heavy atom. The van der Waals surface area contributed by atoms with Gasteiger partial charge in [0.15, 0.2) is 0 Å². The molecule has 0 unspecified atom stereocenters. The molecule has 0 aromatic rings. The van der Waals surface area contributed by atoms with Crippen molar-refractivity contribution in [2.45, 2.75) is 13.1 Å². The third-order valence-electron chi connectivity index (χ3n) is 1.09. The molecule has 0 radical (unpaired) electrons. The SMILES string of the molecule is C=C(C)CNC(=O)COCC(F)(F)F. The van der Waals surface area contributed by atoms with Gasteiger partial charge in [0.25, 0.3) is 0 Å². The fourth-order valence-electron chi connectivity index (χ4n) is 0.560. The van der Waals surface area contributed by atoms with Crippen LogP contribution in [0.25, 0.3) is 0 Å². The molecule has 0 atom stereocenters. The standard InChI is InChI=1S/C8H12F3NO2/c1-6(2)3-12-7(13)4-14-5-8(9,10)11/h1,3-5H2,2H3,(H,12,13). The van der Waals surface area contributed by atoms with Crippen molar-refractivity contribution in [3.8, 4) is 0 Å². The van der Waals surface area contributed by atoms with E-state index in [1.807, 2.05) is 0 Å². The van der Waals surface area contributed by atoms with E-state index >= 15 is 0 Å². The number of alkyl halides is 3. The maximum Gasteiger partial charge on any atom is 0.411 e. The largest absolute Gasteiger partial charge is 0.411 e. The van der Waals surface area contributed by atoms with Crippen LogP contribution in [-0.2, 0) is 9.53 Å². The van der Waals surface area contributed by atoms with Gasteiger partial charge in [-0.1, -0.05) is 12.2 Å². The number of ether oxygens (including phenoxy) is 1. The van der Waals surface area contributed by atoms with Gasteiger partial charge in [0, 0.05) is 6.54 Å². The van der Waals surface area contributed by atoms with Crippen LogP contribution in [0, 0.1) is 0 Å². The Kier molecular flexibility index (Phi) is 5.22. The van der Waals surface area contributed by atoms with Gasteiger partial charge in [0.05, 0.1) is 0 Å². The maximum absolute atomic E-state index is 11.5. The number of halogens is 3. The van der Waals surface area contributed by atoms with Gasteiger partial charge < -0.3 is 10.1 Å². The first-order chi connectivity index (χ1) is 6.31. The normalized spacial score (nSPS) is 11.1. The first kappa shape index (κ1) is 13.0. The summed E-state index contributed by atoms with van der Waals surface area (Å²) in [7, 11) is 0. The van der Waals surface area contributed by atoms with Gasteiger partial charge in [0.1, 0.15) is 13.2 Å². The molecule has 0 aliphatic carbocycles. The highest BCUT2D eigenvalue weighted by Gasteiger charge is 2.27. The predicted octanol–water partition coefficient (Wildman–Crippen LogP) is 1.26. The second-order valence-electron chi connectivity index (χ2n) is 2.84. The Bertz CT molecular complexity index is 213. The summed E-state index contributed by atoms with van der Waals surface area (Å²) >= 11 is 0. The van der Waals surface area contributed by atoms with Crippen LogP contribution in [0.15, 0.2) is 12.2 Å². The second-order valence-corrected chi connectivity index (χ2v) is 2.84. The first-order valence-corrected chi connectivity index (χ1v) is 3.87. The van der Waals surface area contributed by atoms with E-state index in [4.69, 9.17) is 0 Å². The number of hydrogen-bond acceptors (Lipinski definition) is 2. The third-order valence-corrected chi connectivity index (χ3v) is 1.09. The summed E-state index contributed by atoms with van der Waals surface area (Å²) in [4.78, 5) is 10.8. The monoisotopic (exact) mass is 211 g/mol. The van der Waals surface area contributed by atoms with Gasteiger partial charge in [0.2, 0.25) is 5.91 Å². The molecule has 6 heteroatoms. The molecule has 0 aliphatic heterocycles. The van der Waals surface area contributed by atoms with Gasteiger partial charge in [-0.15, -0.1) is 0 Å². The van der Waals surface area contributed by atoms with Crippen LogP contribution in [0.1, 0.15) is 6.92 Å². The van der Waals surface area contributed by atoms with Crippen LogP contribution in [0.4, 0.5) is 13.2 Å². The van der Waals surface area contributed by atoms with E-state index in [0.29, 0.717) is 5.57 Å². The molecule has 1 amide bonds. The van der Waals surface area contributed by atoms with Crippen LogP contribution < -0.4 is 5.32 Å².